The summed E-state index contributed by atoms with van der Waals surface area (Å²) in [7, 11) is 1.67. The Balaban J connectivity index is 2.17. The molecule has 1 aliphatic heterocycles. The monoisotopic (exact) mass is 249 g/mol. The van der Waals surface area contributed by atoms with Crippen LogP contribution >= 0.6 is 0 Å². The van der Waals surface area contributed by atoms with E-state index in [-0.39, 0.29) is 17.8 Å². The van der Waals surface area contributed by atoms with E-state index in [1.54, 1.807) is 30.2 Å². The van der Waals surface area contributed by atoms with Gasteiger partial charge < -0.3 is 14.7 Å². The summed E-state index contributed by atoms with van der Waals surface area (Å²) in [6, 6.07) is 5.09. The van der Waals surface area contributed by atoms with Crippen molar-refractivity contribution in [2.75, 3.05) is 20.2 Å². The molecule has 0 aliphatic carbocycles. The number of ether oxygens (including phenoxy) is 1. The minimum Gasteiger partial charge on any atom is -0.507 e. The number of amides is 1. The number of carbonyl (C=O) groups is 1. The molecular weight excluding hydrogens is 230 g/mol. The maximum atomic E-state index is 12.3. The highest BCUT2D eigenvalue weighted by atomic mass is 16.5. The summed E-state index contributed by atoms with van der Waals surface area (Å²) in [6.07, 6.45) is 2.03. The van der Waals surface area contributed by atoms with Crippen molar-refractivity contribution in [2.24, 2.45) is 0 Å². The van der Waals surface area contributed by atoms with Gasteiger partial charge in [0.2, 0.25) is 0 Å². The van der Waals surface area contributed by atoms with Crippen LogP contribution in [0.2, 0.25) is 0 Å². The molecule has 1 saturated heterocycles. The average molecular weight is 249 g/mol. The molecule has 4 nitrogen and oxygen atoms in total. The van der Waals surface area contributed by atoms with Crippen LogP contribution in [0.15, 0.2) is 18.2 Å². The van der Waals surface area contributed by atoms with E-state index in [4.69, 9.17) is 4.74 Å². The minimum absolute atomic E-state index is 0.0464. The van der Waals surface area contributed by atoms with Gasteiger partial charge in [-0.15, -0.1) is 0 Å². The summed E-state index contributed by atoms with van der Waals surface area (Å²) in [4.78, 5) is 14.1. The number of rotatable bonds is 2. The largest absolute Gasteiger partial charge is 0.507 e. The second-order valence-electron chi connectivity index (χ2n) is 4.77. The fourth-order valence-electron chi connectivity index (χ4n) is 2.31. The second kappa shape index (κ2) is 5.40. The molecule has 0 saturated carbocycles. The SMILES string of the molecule is COC1CCCN(C(=O)c2cc(C)ccc2O)C1. The van der Waals surface area contributed by atoms with E-state index in [2.05, 4.69) is 0 Å². The average Bonchev–Trinajstić information content (AvgIpc) is 2.41. The summed E-state index contributed by atoms with van der Waals surface area (Å²) < 4.78 is 5.30. The number of hydrogen-bond donors (Lipinski definition) is 1. The lowest BCUT2D eigenvalue weighted by molar-refractivity contribution is 0.0267. The summed E-state index contributed by atoms with van der Waals surface area (Å²) in [5, 5.41) is 9.78. The minimum atomic E-state index is -0.113. The number of aromatic hydroxyl groups is 1. The first-order valence-corrected chi connectivity index (χ1v) is 6.23. The smallest absolute Gasteiger partial charge is 0.257 e. The molecule has 2 rings (SSSR count). The lowest BCUT2D eigenvalue weighted by Gasteiger charge is -2.32. The molecule has 0 aromatic heterocycles. The van der Waals surface area contributed by atoms with Crippen molar-refractivity contribution in [3.63, 3.8) is 0 Å². The number of benzene rings is 1. The second-order valence-corrected chi connectivity index (χ2v) is 4.77. The molecule has 1 atom stereocenters. The third-order valence-electron chi connectivity index (χ3n) is 3.38. The first-order chi connectivity index (χ1) is 8.61. The molecule has 1 unspecified atom stereocenters. The van der Waals surface area contributed by atoms with E-state index in [9.17, 15) is 9.90 Å². The quantitative estimate of drug-likeness (QED) is 0.871. The van der Waals surface area contributed by atoms with Gasteiger partial charge in [-0.05, 0) is 31.9 Å². The van der Waals surface area contributed by atoms with Crippen molar-refractivity contribution in [3.8, 4) is 5.75 Å². The zero-order valence-corrected chi connectivity index (χ0v) is 10.8. The number of aryl methyl sites for hydroxylation is 1. The molecule has 1 amide bonds. The number of carbonyl (C=O) groups excluding carboxylic acids is 1. The molecule has 0 spiro atoms. The van der Waals surface area contributed by atoms with Gasteiger partial charge >= 0.3 is 0 Å². The van der Waals surface area contributed by atoms with Crippen molar-refractivity contribution in [1.29, 1.82) is 0 Å². The van der Waals surface area contributed by atoms with Crippen LogP contribution in [-0.4, -0.2) is 42.2 Å². The topological polar surface area (TPSA) is 49.8 Å². The number of hydrogen-bond acceptors (Lipinski definition) is 3. The van der Waals surface area contributed by atoms with E-state index in [1.165, 1.54) is 0 Å². The Morgan fingerprint density at radius 3 is 3.00 bits per heavy atom. The van der Waals surface area contributed by atoms with Crippen LogP contribution in [0.5, 0.6) is 5.75 Å². The Morgan fingerprint density at radius 2 is 2.28 bits per heavy atom. The molecule has 98 valence electrons. The number of phenolic OH excluding ortho intramolecular Hbond substituents is 1. The molecule has 4 heteroatoms. The van der Waals surface area contributed by atoms with Crippen LogP contribution in [-0.2, 0) is 4.74 Å². The van der Waals surface area contributed by atoms with Crippen molar-refractivity contribution in [1.82, 2.24) is 4.90 Å². The lowest BCUT2D eigenvalue weighted by Crippen LogP contribution is -2.42. The first-order valence-electron chi connectivity index (χ1n) is 6.23. The number of methoxy groups -OCH3 is 1. The molecule has 1 heterocycles. The van der Waals surface area contributed by atoms with Crippen molar-refractivity contribution >= 4 is 5.91 Å². The van der Waals surface area contributed by atoms with Gasteiger partial charge in [0, 0.05) is 20.2 Å². The van der Waals surface area contributed by atoms with Crippen LogP contribution < -0.4 is 0 Å². The predicted molar refractivity (Wildman–Crippen MR) is 68.8 cm³/mol. The van der Waals surface area contributed by atoms with Crippen LogP contribution in [0.4, 0.5) is 0 Å². The molecule has 1 N–H and O–H groups in total. The van der Waals surface area contributed by atoms with Crippen molar-refractivity contribution < 1.29 is 14.6 Å². The predicted octanol–water partition coefficient (Wildman–Crippen LogP) is 1.95. The molecular formula is C14H19NO3. The van der Waals surface area contributed by atoms with E-state index < -0.39 is 0 Å². The molecule has 1 aliphatic rings. The Morgan fingerprint density at radius 1 is 1.50 bits per heavy atom. The van der Waals surface area contributed by atoms with Gasteiger partial charge in [-0.1, -0.05) is 11.6 Å². The van der Waals surface area contributed by atoms with E-state index in [0.717, 1.165) is 24.9 Å². The van der Waals surface area contributed by atoms with Gasteiger partial charge in [0.05, 0.1) is 11.7 Å². The summed E-state index contributed by atoms with van der Waals surface area (Å²) >= 11 is 0. The third-order valence-corrected chi connectivity index (χ3v) is 3.38. The van der Waals surface area contributed by atoms with Gasteiger partial charge in [0.1, 0.15) is 5.75 Å². The molecule has 1 fully saturated rings. The van der Waals surface area contributed by atoms with Gasteiger partial charge in [0.25, 0.3) is 5.91 Å². The molecule has 0 bridgehead atoms. The zero-order chi connectivity index (χ0) is 13.1. The van der Waals surface area contributed by atoms with E-state index in [0.29, 0.717) is 12.1 Å². The van der Waals surface area contributed by atoms with Gasteiger partial charge in [-0.25, -0.2) is 0 Å². The van der Waals surface area contributed by atoms with Gasteiger partial charge in [-0.3, -0.25) is 4.79 Å². The normalized spacial score (nSPS) is 19.9. The standard InChI is InChI=1S/C14H19NO3/c1-10-5-6-13(16)12(8-10)14(17)15-7-3-4-11(9-15)18-2/h5-6,8,11,16H,3-4,7,9H2,1-2H3. The number of likely N-dealkylation sites (tertiary alicyclic amines) is 1. The van der Waals surface area contributed by atoms with Crippen LogP contribution in [0.3, 0.4) is 0 Å². The maximum Gasteiger partial charge on any atom is 0.257 e. The van der Waals surface area contributed by atoms with Crippen molar-refractivity contribution in [3.05, 3.63) is 29.3 Å². The van der Waals surface area contributed by atoms with E-state index >= 15 is 0 Å². The molecule has 0 radical (unpaired) electrons. The van der Waals surface area contributed by atoms with Crippen LogP contribution in [0, 0.1) is 6.92 Å². The third kappa shape index (κ3) is 2.64. The van der Waals surface area contributed by atoms with Gasteiger partial charge in [0.15, 0.2) is 0 Å². The first kappa shape index (κ1) is 12.9. The van der Waals surface area contributed by atoms with E-state index in [1.807, 2.05) is 6.92 Å². The Bertz CT molecular complexity index is 445. The van der Waals surface area contributed by atoms with Crippen LogP contribution in [0.25, 0.3) is 0 Å². The molecule has 1 aromatic rings. The number of phenols is 1. The number of nitrogens with zero attached hydrogens (tertiary/aromatic N) is 1. The summed E-state index contributed by atoms with van der Waals surface area (Å²) in [5.74, 6) is -0.0666. The summed E-state index contributed by atoms with van der Waals surface area (Å²) in [6.45, 7) is 3.24. The lowest BCUT2D eigenvalue weighted by atomic mass is 10.0. The zero-order valence-electron chi connectivity index (χ0n) is 10.8. The Labute approximate surface area is 107 Å². The summed E-state index contributed by atoms with van der Waals surface area (Å²) in [5.41, 5.74) is 1.35. The highest BCUT2D eigenvalue weighted by Crippen LogP contribution is 2.22. The highest BCUT2D eigenvalue weighted by Gasteiger charge is 2.25. The highest BCUT2D eigenvalue weighted by molar-refractivity contribution is 5.97. The maximum absolute atomic E-state index is 12.3. The fraction of sp³-hybridized carbons (Fsp3) is 0.500. The molecule has 1 aromatic carbocycles. The van der Waals surface area contributed by atoms with Gasteiger partial charge in [-0.2, -0.15) is 0 Å². The fourth-order valence-corrected chi connectivity index (χ4v) is 2.31. The Kier molecular flexibility index (Phi) is 3.87. The molecule has 18 heavy (non-hydrogen) atoms. The van der Waals surface area contributed by atoms with Crippen molar-refractivity contribution in [2.45, 2.75) is 25.9 Å². The Hall–Kier alpha value is -1.55. The van der Waals surface area contributed by atoms with Crippen LogP contribution in [0.1, 0.15) is 28.8 Å². The number of piperidine rings is 1.